The number of pyridine rings is 1. The van der Waals surface area contributed by atoms with Crippen molar-refractivity contribution >= 4 is 5.96 Å². The highest BCUT2D eigenvalue weighted by Gasteiger charge is 2.28. The fraction of sp³-hybridized carbons (Fsp3) is 0.571. The van der Waals surface area contributed by atoms with Gasteiger partial charge >= 0.3 is 6.18 Å². The summed E-state index contributed by atoms with van der Waals surface area (Å²) in [6.07, 6.45) is -2.97. The van der Waals surface area contributed by atoms with Crippen LogP contribution in [-0.4, -0.2) is 37.3 Å². The van der Waals surface area contributed by atoms with Crippen molar-refractivity contribution in [1.29, 1.82) is 0 Å². The van der Waals surface area contributed by atoms with E-state index in [-0.39, 0.29) is 5.88 Å². The van der Waals surface area contributed by atoms with E-state index < -0.39 is 12.8 Å². The molecule has 0 unspecified atom stereocenters. The van der Waals surface area contributed by atoms with Gasteiger partial charge in [0.05, 0.1) is 0 Å². The van der Waals surface area contributed by atoms with Crippen molar-refractivity contribution in [2.45, 2.75) is 26.6 Å². The second kappa shape index (κ2) is 8.45. The van der Waals surface area contributed by atoms with Gasteiger partial charge in [-0.05, 0) is 17.5 Å². The first-order chi connectivity index (χ1) is 10.3. The molecule has 0 amide bonds. The van der Waals surface area contributed by atoms with Gasteiger partial charge in [-0.3, -0.25) is 4.99 Å². The molecule has 2 N–H and O–H groups in total. The van der Waals surface area contributed by atoms with Crippen LogP contribution in [0, 0.1) is 5.92 Å². The molecule has 0 spiro atoms. The third-order valence-corrected chi connectivity index (χ3v) is 2.54. The third kappa shape index (κ3) is 7.70. The molecule has 124 valence electrons. The smallest absolute Gasteiger partial charge is 0.422 e. The molecule has 1 rings (SSSR count). The molecular weight excluding hydrogens is 297 g/mol. The number of guanidine groups is 1. The maximum Gasteiger partial charge on any atom is 0.422 e. The van der Waals surface area contributed by atoms with Gasteiger partial charge in [0.1, 0.15) is 0 Å². The predicted octanol–water partition coefficient (Wildman–Crippen LogP) is 2.34. The first-order valence-electron chi connectivity index (χ1n) is 6.89. The van der Waals surface area contributed by atoms with E-state index in [2.05, 4.69) is 39.2 Å². The molecule has 0 radical (unpaired) electrons. The molecule has 5 nitrogen and oxygen atoms in total. The number of hydrogen-bond donors (Lipinski definition) is 2. The van der Waals surface area contributed by atoms with E-state index in [1.54, 1.807) is 13.1 Å². The minimum absolute atomic E-state index is 0.0539. The molecule has 1 heterocycles. The zero-order valence-corrected chi connectivity index (χ0v) is 12.9. The van der Waals surface area contributed by atoms with Crippen LogP contribution in [-0.2, 0) is 6.54 Å². The molecule has 0 fully saturated rings. The Bertz CT molecular complexity index is 489. The first-order valence-corrected chi connectivity index (χ1v) is 6.89. The quantitative estimate of drug-likeness (QED) is 0.624. The second-order valence-electron chi connectivity index (χ2n) is 5.11. The molecular formula is C14H21F3N4O. The first kappa shape index (κ1) is 18.1. The maximum atomic E-state index is 12.1. The van der Waals surface area contributed by atoms with E-state index in [1.165, 1.54) is 12.3 Å². The number of rotatable bonds is 6. The Labute approximate surface area is 128 Å². The van der Waals surface area contributed by atoms with Crippen molar-refractivity contribution in [1.82, 2.24) is 15.6 Å². The molecule has 0 aliphatic carbocycles. The van der Waals surface area contributed by atoms with Crippen LogP contribution in [0.25, 0.3) is 0 Å². The number of halogens is 3. The summed E-state index contributed by atoms with van der Waals surface area (Å²) in [7, 11) is 1.65. The van der Waals surface area contributed by atoms with Crippen LogP contribution in [0.4, 0.5) is 13.2 Å². The molecule has 22 heavy (non-hydrogen) atoms. The van der Waals surface area contributed by atoms with E-state index in [0.717, 1.165) is 12.1 Å². The highest BCUT2D eigenvalue weighted by Crippen LogP contribution is 2.17. The van der Waals surface area contributed by atoms with Crippen LogP contribution in [0.15, 0.2) is 23.3 Å². The standard InChI is InChI=1S/C14H21F3N4O/c1-10(2)7-20-13(18-3)21-8-11-4-5-19-12(6-11)22-9-14(15,16)17/h4-6,10H,7-9H2,1-3H3,(H2,18,20,21). The summed E-state index contributed by atoms with van der Waals surface area (Å²) in [5.74, 6) is 1.05. The van der Waals surface area contributed by atoms with Gasteiger partial charge in [-0.25, -0.2) is 4.98 Å². The monoisotopic (exact) mass is 318 g/mol. The Kier molecular flexibility index (Phi) is 6.94. The number of nitrogens with zero attached hydrogens (tertiary/aromatic N) is 2. The predicted molar refractivity (Wildman–Crippen MR) is 78.8 cm³/mol. The van der Waals surface area contributed by atoms with Crippen molar-refractivity contribution in [3.8, 4) is 5.88 Å². The molecule has 0 saturated carbocycles. The van der Waals surface area contributed by atoms with Crippen LogP contribution in [0.1, 0.15) is 19.4 Å². The Morgan fingerprint density at radius 3 is 2.68 bits per heavy atom. The average Bonchev–Trinajstić information content (AvgIpc) is 2.45. The lowest BCUT2D eigenvalue weighted by Crippen LogP contribution is -2.38. The van der Waals surface area contributed by atoms with Crippen LogP contribution < -0.4 is 15.4 Å². The average molecular weight is 318 g/mol. The van der Waals surface area contributed by atoms with Gasteiger partial charge in [0.15, 0.2) is 12.6 Å². The molecule has 1 aromatic heterocycles. The van der Waals surface area contributed by atoms with Crippen LogP contribution in [0.2, 0.25) is 0 Å². The summed E-state index contributed by atoms with van der Waals surface area (Å²) in [5, 5.41) is 6.22. The SMILES string of the molecule is CN=C(NCc1ccnc(OCC(F)(F)F)c1)NCC(C)C. The maximum absolute atomic E-state index is 12.1. The van der Waals surface area contributed by atoms with Crippen molar-refractivity contribution in [3.05, 3.63) is 23.9 Å². The Hall–Kier alpha value is -1.99. The normalized spacial score (nSPS) is 12.4. The van der Waals surface area contributed by atoms with Gasteiger partial charge in [0, 0.05) is 32.4 Å². The van der Waals surface area contributed by atoms with E-state index in [0.29, 0.717) is 18.4 Å². The molecule has 0 atom stereocenters. The topological polar surface area (TPSA) is 58.5 Å². The lowest BCUT2D eigenvalue weighted by atomic mass is 10.2. The number of hydrogen-bond acceptors (Lipinski definition) is 3. The van der Waals surface area contributed by atoms with Crippen LogP contribution in [0.3, 0.4) is 0 Å². The molecule has 0 bridgehead atoms. The molecule has 0 saturated heterocycles. The van der Waals surface area contributed by atoms with Gasteiger partial charge < -0.3 is 15.4 Å². The van der Waals surface area contributed by atoms with Crippen molar-refractivity contribution in [3.63, 3.8) is 0 Å². The molecule has 0 aliphatic heterocycles. The van der Waals surface area contributed by atoms with E-state index in [4.69, 9.17) is 0 Å². The van der Waals surface area contributed by atoms with E-state index in [9.17, 15) is 13.2 Å². The Morgan fingerprint density at radius 1 is 1.36 bits per heavy atom. The zero-order chi connectivity index (χ0) is 16.6. The second-order valence-corrected chi connectivity index (χ2v) is 5.11. The summed E-state index contributed by atoms with van der Waals surface area (Å²) in [6, 6.07) is 3.16. The largest absolute Gasteiger partial charge is 0.468 e. The van der Waals surface area contributed by atoms with Crippen LogP contribution >= 0.6 is 0 Å². The minimum atomic E-state index is -4.38. The van der Waals surface area contributed by atoms with Gasteiger partial charge in [-0.1, -0.05) is 13.8 Å². The van der Waals surface area contributed by atoms with Crippen molar-refractivity contribution in [2.24, 2.45) is 10.9 Å². The lowest BCUT2D eigenvalue weighted by molar-refractivity contribution is -0.154. The Morgan fingerprint density at radius 2 is 2.09 bits per heavy atom. The summed E-state index contributed by atoms with van der Waals surface area (Å²) in [4.78, 5) is 7.82. The number of ether oxygens (including phenoxy) is 1. The van der Waals surface area contributed by atoms with E-state index in [1.807, 2.05) is 0 Å². The van der Waals surface area contributed by atoms with E-state index >= 15 is 0 Å². The third-order valence-electron chi connectivity index (χ3n) is 2.54. The highest BCUT2D eigenvalue weighted by atomic mass is 19.4. The number of nitrogens with one attached hydrogen (secondary N) is 2. The molecule has 0 aromatic carbocycles. The van der Waals surface area contributed by atoms with Crippen LogP contribution in [0.5, 0.6) is 5.88 Å². The summed E-state index contributed by atoms with van der Waals surface area (Å²) >= 11 is 0. The molecule has 1 aromatic rings. The highest BCUT2D eigenvalue weighted by molar-refractivity contribution is 5.79. The molecule has 0 aliphatic rings. The number of aliphatic imine (C=N–C) groups is 1. The van der Waals surface area contributed by atoms with Gasteiger partial charge in [0.25, 0.3) is 0 Å². The Balaban J connectivity index is 2.52. The lowest BCUT2D eigenvalue weighted by Gasteiger charge is -2.14. The van der Waals surface area contributed by atoms with Crippen molar-refractivity contribution in [2.75, 3.05) is 20.2 Å². The molecule has 8 heteroatoms. The van der Waals surface area contributed by atoms with Gasteiger partial charge in [-0.15, -0.1) is 0 Å². The summed E-state index contributed by atoms with van der Waals surface area (Å²) in [6.45, 7) is 3.98. The number of alkyl halides is 3. The van der Waals surface area contributed by atoms with Gasteiger partial charge in [-0.2, -0.15) is 13.2 Å². The summed E-state index contributed by atoms with van der Waals surface area (Å²) < 4.78 is 40.9. The zero-order valence-electron chi connectivity index (χ0n) is 12.9. The fourth-order valence-corrected chi connectivity index (χ4v) is 1.50. The number of aromatic nitrogens is 1. The van der Waals surface area contributed by atoms with Gasteiger partial charge in [0.2, 0.25) is 5.88 Å². The van der Waals surface area contributed by atoms with Crippen molar-refractivity contribution < 1.29 is 17.9 Å². The fourth-order valence-electron chi connectivity index (χ4n) is 1.50. The minimum Gasteiger partial charge on any atom is -0.468 e. The summed E-state index contributed by atoms with van der Waals surface area (Å²) in [5.41, 5.74) is 0.750.